The van der Waals surface area contributed by atoms with E-state index in [-0.39, 0.29) is 24.2 Å². The second-order valence-corrected chi connectivity index (χ2v) is 8.47. The monoisotopic (exact) mass is 481 g/mol. The molecular weight excluding hydrogens is 461 g/mol. The molecule has 9 nitrogen and oxygen atoms in total. The summed E-state index contributed by atoms with van der Waals surface area (Å²) in [7, 11) is 1.81. The van der Waals surface area contributed by atoms with Crippen molar-refractivity contribution in [1.29, 1.82) is 0 Å². The number of aliphatic hydroxyl groups excluding tert-OH is 1. The number of fused-ring (bicyclic) bond motifs is 1. The molecule has 1 aliphatic rings. The molecular formula is C23H21ClFN7O2. The molecule has 3 aromatic heterocycles. The van der Waals surface area contributed by atoms with Crippen molar-refractivity contribution in [1.82, 2.24) is 29.2 Å². The molecule has 0 saturated heterocycles. The predicted octanol–water partition coefficient (Wildman–Crippen LogP) is 4.04. The SMILES string of the molecule is Cc1cnc(Nc2ccnn2C)nc1-c1cc2n(c1)C(=O)N([C@H](CO)c1ccc(Cl)c(F)c1)C2. The second-order valence-electron chi connectivity index (χ2n) is 8.06. The van der Waals surface area contributed by atoms with E-state index in [1.54, 1.807) is 29.3 Å². The molecule has 0 aliphatic carbocycles. The number of hydrogen-bond donors (Lipinski definition) is 2. The van der Waals surface area contributed by atoms with Gasteiger partial charge in [0, 0.05) is 36.8 Å². The Morgan fingerprint density at radius 3 is 2.79 bits per heavy atom. The molecule has 5 rings (SSSR count). The number of hydrogen-bond acceptors (Lipinski definition) is 6. The van der Waals surface area contributed by atoms with Crippen LogP contribution >= 0.6 is 11.6 Å². The summed E-state index contributed by atoms with van der Waals surface area (Å²) in [5.41, 5.74) is 3.54. The van der Waals surface area contributed by atoms with Crippen molar-refractivity contribution in [2.24, 2.45) is 7.05 Å². The van der Waals surface area contributed by atoms with Gasteiger partial charge in [-0.2, -0.15) is 5.10 Å². The van der Waals surface area contributed by atoms with Crippen LogP contribution in [0.15, 0.2) is 48.9 Å². The van der Waals surface area contributed by atoms with Crippen LogP contribution in [0.25, 0.3) is 11.3 Å². The van der Waals surface area contributed by atoms with Gasteiger partial charge in [0.2, 0.25) is 5.95 Å². The third-order valence-corrected chi connectivity index (χ3v) is 6.17. The van der Waals surface area contributed by atoms with Crippen LogP contribution in [0.1, 0.15) is 22.9 Å². The van der Waals surface area contributed by atoms with E-state index in [0.717, 1.165) is 22.6 Å². The van der Waals surface area contributed by atoms with Gasteiger partial charge in [0.1, 0.15) is 11.6 Å². The summed E-state index contributed by atoms with van der Waals surface area (Å²) in [5, 5.41) is 17.2. The lowest BCUT2D eigenvalue weighted by Crippen LogP contribution is -2.33. The highest BCUT2D eigenvalue weighted by atomic mass is 35.5. The topological polar surface area (TPSA) is 101 Å². The number of amides is 1. The zero-order valence-electron chi connectivity index (χ0n) is 18.4. The number of rotatable bonds is 6. The third kappa shape index (κ3) is 3.80. The summed E-state index contributed by atoms with van der Waals surface area (Å²) in [4.78, 5) is 23.7. The van der Waals surface area contributed by atoms with E-state index in [1.165, 1.54) is 21.6 Å². The quantitative estimate of drug-likeness (QED) is 0.431. The Morgan fingerprint density at radius 1 is 1.29 bits per heavy atom. The fourth-order valence-corrected chi connectivity index (χ4v) is 4.19. The highest BCUT2D eigenvalue weighted by Crippen LogP contribution is 2.33. The number of halogens is 2. The van der Waals surface area contributed by atoms with Gasteiger partial charge in [-0.15, -0.1) is 0 Å². The fraction of sp³-hybridized carbons (Fsp3) is 0.217. The minimum absolute atomic E-state index is 0.0124. The first-order valence-corrected chi connectivity index (χ1v) is 10.9. The zero-order chi connectivity index (χ0) is 24.0. The minimum Gasteiger partial charge on any atom is -0.394 e. The molecule has 1 aromatic carbocycles. The summed E-state index contributed by atoms with van der Waals surface area (Å²) in [5.74, 6) is 0.559. The molecule has 0 unspecified atom stereocenters. The van der Waals surface area contributed by atoms with E-state index in [2.05, 4.69) is 20.4 Å². The molecule has 1 atom stereocenters. The van der Waals surface area contributed by atoms with Crippen LogP contribution in [0.3, 0.4) is 0 Å². The number of aliphatic hydroxyl groups is 1. The van der Waals surface area contributed by atoms with Crippen molar-refractivity contribution in [2.75, 3.05) is 11.9 Å². The Bertz CT molecular complexity index is 1400. The zero-order valence-corrected chi connectivity index (χ0v) is 19.2. The number of carbonyl (C=O) groups is 1. The summed E-state index contributed by atoms with van der Waals surface area (Å²) in [6.45, 7) is 1.81. The van der Waals surface area contributed by atoms with E-state index < -0.39 is 11.9 Å². The average molecular weight is 482 g/mol. The molecule has 0 saturated carbocycles. The maximum absolute atomic E-state index is 14.0. The molecule has 174 valence electrons. The van der Waals surface area contributed by atoms with Gasteiger partial charge in [0.15, 0.2) is 0 Å². The van der Waals surface area contributed by atoms with Crippen molar-refractivity contribution in [3.63, 3.8) is 0 Å². The lowest BCUT2D eigenvalue weighted by Gasteiger charge is -2.26. The van der Waals surface area contributed by atoms with Crippen molar-refractivity contribution in [2.45, 2.75) is 19.5 Å². The van der Waals surface area contributed by atoms with Crippen LogP contribution in [0.5, 0.6) is 0 Å². The van der Waals surface area contributed by atoms with Crippen molar-refractivity contribution >= 4 is 29.4 Å². The van der Waals surface area contributed by atoms with Crippen LogP contribution in [0.2, 0.25) is 5.02 Å². The largest absolute Gasteiger partial charge is 0.394 e. The molecule has 0 radical (unpaired) electrons. The third-order valence-electron chi connectivity index (χ3n) is 5.87. The molecule has 0 fully saturated rings. The number of nitrogens with one attached hydrogen (secondary N) is 1. The Balaban J connectivity index is 1.42. The normalized spacial score (nSPS) is 13.9. The molecule has 4 aromatic rings. The van der Waals surface area contributed by atoms with Gasteiger partial charge in [-0.25, -0.2) is 19.2 Å². The van der Waals surface area contributed by atoms with Crippen LogP contribution < -0.4 is 5.32 Å². The molecule has 2 N–H and O–H groups in total. The summed E-state index contributed by atoms with van der Waals surface area (Å²) < 4.78 is 17.2. The Hall–Kier alpha value is -3.76. The van der Waals surface area contributed by atoms with Crippen molar-refractivity contribution in [3.05, 3.63) is 76.6 Å². The van der Waals surface area contributed by atoms with Crippen LogP contribution in [0.4, 0.5) is 21.0 Å². The number of aryl methyl sites for hydroxylation is 2. The van der Waals surface area contributed by atoms with E-state index >= 15 is 0 Å². The number of anilines is 2. The summed E-state index contributed by atoms with van der Waals surface area (Å²) >= 11 is 5.78. The second kappa shape index (κ2) is 8.54. The Morgan fingerprint density at radius 2 is 2.12 bits per heavy atom. The van der Waals surface area contributed by atoms with Gasteiger partial charge >= 0.3 is 6.03 Å². The number of carbonyl (C=O) groups excluding carboxylic acids is 1. The van der Waals surface area contributed by atoms with E-state index in [4.69, 9.17) is 11.6 Å². The summed E-state index contributed by atoms with van der Waals surface area (Å²) in [6.07, 6.45) is 5.11. The first-order valence-electron chi connectivity index (χ1n) is 10.5. The Labute approximate surface area is 199 Å². The van der Waals surface area contributed by atoms with E-state index in [9.17, 15) is 14.3 Å². The fourth-order valence-electron chi connectivity index (χ4n) is 4.07. The number of aromatic nitrogens is 5. The molecule has 1 amide bonds. The van der Waals surface area contributed by atoms with E-state index in [0.29, 0.717) is 17.2 Å². The number of nitrogens with zero attached hydrogens (tertiary/aromatic N) is 6. The van der Waals surface area contributed by atoms with Crippen LogP contribution in [-0.2, 0) is 13.6 Å². The van der Waals surface area contributed by atoms with Crippen LogP contribution in [0, 0.1) is 12.7 Å². The first kappa shape index (κ1) is 22.1. The lowest BCUT2D eigenvalue weighted by atomic mass is 10.1. The molecule has 0 spiro atoms. The Kier molecular flexibility index (Phi) is 5.54. The lowest BCUT2D eigenvalue weighted by molar-refractivity contribution is 0.141. The molecule has 11 heteroatoms. The first-order chi connectivity index (χ1) is 16.4. The average Bonchev–Trinajstić information content (AvgIpc) is 3.50. The smallest absolute Gasteiger partial charge is 0.329 e. The van der Waals surface area contributed by atoms with Gasteiger partial charge in [-0.1, -0.05) is 17.7 Å². The standard InChI is InChI=1S/C23H21ClFN7O2/c1-13-9-26-22(28-20-5-6-27-30(20)2)29-21(13)15-7-16-11-32(23(34)31(16)10-15)19(12-33)14-3-4-17(24)18(25)8-14/h3-10,19,33H,11-12H2,1-2H3,(H,26,28,29)/t19-/m1/s1. The molecule has 4 heterocycles. The maximum Gasteiger partial charge on any atom is 0.329 e. The number of benzene rings is 1. The molecule has 0 bridgehead atoms. The van der Waals surface area contributed by atoms with Gasteiger partial charge in [0.05, 0.1) is 36.1 Å². The highest BCUT2D eigenvalue weighted by molar-refractivity contribution is 6.30. The minimum atomic E-state index is -0.696. The highest BCUT2D eigenvalue weighted by Gasteiger charge is 2.34. The van der Waals surface area contributed by atoms with Crippen molar-refractivity contribution < 1.29 is 14.3 Å². The van der Waals surface area contributed by atoms with Gasteiger partial charge in [-0.05, 0) is 36.2 Å². The maximum atomic E-state index is 14.0. The van der Waals surface area contributed by atoms with Crippen LogP contribution in [-0.4, -0.2) is 47.0 Å². The van der Waals surface area contributed by atoms with Gasteiger partial charge < -0.3 is 15.3 Å². The predicted molar refractivity (Wildman–Crippen MR) is 124 cm³/mol. The molecule has 34 heavy (non-hydrogen) atoms. The van der Waals surface area contributed by atoms with E-state index in [1.807, 2.05) is 26.1 Å². The molecule has 1 aliphatic heterocycles. The van der Waals surface area contributed by atoms with Crippen molar-refractivity contribution in [3.8, 4) is 11.3 Å². The summed E-state index contributed by atoms with van der Waals surface area (Å²) in [6, 6.07) is 6.97. The van der Waals surface area contributed by atoms with Gasteiger partial charge in [0.25, 0.3) is 0 Å². The van der Waals surface area contributed by atoms with Gasteiger partial charge in [-0.3, -0.25) is 9.25 Å².